The van der Waals surface area contributed by atoms with E-state index in [2.05, 4.69) is 10.3 Å². The first kappa shape index (κ1) is 11.2. The molecule has 0 saturated carbocycles. The van der Waals surface area contributed by atoms with Crippen molar-refractivity contribution in [2.45, 2.75) is 6.54 Å². The standard InChI is InChI=1S/C12H10Cl2N2/c13-10-5-4-9(7-11(10)14)8-16-12-3-1-2-6-15-12/h1-7H,8H2,(H,15,16). The number of pyridine rings is 1. The van der Waals surface area contributed by atoms with Crippen LogP contribution in [0.25, 0.3) is 0 Å². The second-order valence-corrected chi connectivity index (χ2v) is 4.13. The molecule has 1 aromatic carbocycles. The van der Waals surface area contributed by atoms with Crippen LogP contribution in [0.5, 0.6) is 0 Å². The van der Waals surface area contributed by atoms with E-state index < -0.39 is 0 Å². The van der Waals surface area contributed by atoms with E-state index in [4.69, 9.17) is 23.2 Å². The van der Waals surface area contributed by atoms with Gasteiger partial charge in [0.05, 0.1) is 10.0 Å². The summed E-state index contributed by atoms with van der Waals surface area (Å²) < 4.78 is 0. The lowest BCUT2D eigenvalue weighted by atomic mass is 10.2. The summed E-state index contributed by atoms with van der Waals surface area (Å²) in [6.45, 7) is 0.675. The Balaban J connectivity index is 2.03. The Morgan fingerprint density at radius 3 is 2.62 bits per heavy atom. The molecule has 82 valence electrons. The average Bonchev–Trinajstić information content (AvgIpc) is 2.32. The SMILES string of the molecule is Clc1ccc(CNc2ccccn2)cc1Cl. The summed E-state index contributed by atoms with van der Waals surface area (Å²) in [6.07, 6.45) is 1.75. The van der Waals surface area contributed by atoms with E-state index in [1.165, 1.54) is 0 Å². The van der Waals surface area contributed by atoms with Crippen LogP contribution in [0.4, 0.5) is 5.82 Å². The number of hydrogen-bond donors (Lipinski definition) is 1. The number of rotatable bonds is 3. The van der Waals surface area contributed by atoms with Gasteiger partial charge in [-0.25, -0.2) is 4.98 Å². The number of halogens is 2. The van der Waals surface area contributed by atoms with Crippen molar-refractivity contribution in [2.24, 2.45) is 0 Å². The van der Waals surface area contributed by atoms with Gasteiger partial charge in [-0.15, -0.1) is 0 Å². The highest BCUT2D eigenvalue weighted by Gasteiger charge is 1.99. The quantitative estimate of drug-likeness (QED) is 0.894. The van der Waals surface area contributed by atoms with Crippen molar-refractivity contribution in [3.63, 3.8) is 0 Å². The first-order valence-corrected chi connectivity index (χ1v) is 5.60. The predicted octanol–water partition coefficient (Wildman–Crippen LogP) is 4.00. The van der Waals surface area contributed by atoms with E-state index in [-0.39, 0.29) is 0 Å². The molecule has 1 N–H and O–H groups in total. The van der Waals surface area contributed by atoms with Crippen molar-refractivity contribution in [1.82, 2.24) is 4.98 Å². The minimum atomic E-state index is 0.571. The maximum absolute atomic E-state index is 5.92. The zero-order valence-electron chi connectivity index (χ0n) is 8.45. The molecule has 0 aliphatic rings. The number of hydrogen-bond acceptors (Lipinski definition) is 2. The van der Waals surface area contributed by atoms with E-state index in [1.54, 1.807) is 12.3 Å². The topological polar surface area (TPSA) is 24.9 Å². The van der Waals surface area contributed by atoms with E-state index in [0.29, 0.717) is 16.6 Å². The lowest BCUT2D eigenvalue weighted by Gasteiger charge is -2.06. The van der Waals surface area contributed by atoms with Gasteiger partial charge < -0.3 is 5.32 Å². The number of nitrogens with one attached hydrogen (secondary N) is 1. The molecular formula is C12H10Cl2N2. The molecule has 0 unspecified atom stereocenters. The van der Waals surface area contributed by atoms with Crippen LogP contribution in [-0.2, 0) is 6.54 Å². The molecule has 1 heterocycles. The van der Waals surface area contributed by atoms with Gasteiger partial charge in [-0.05, 0) is 29.8 Å². The molecule has 0 fully saturated rings. The van der Waals surface area contributed by atoms with Crippen LogP contribution in [0.15, 0.2) is 42.6 Å². The molecule has 0 aliphatic carbocycles. The van der Waals surface area contributed by atoms with E-state index in [9.17, 15) is 0 Å². The molecule has 1 aromatic heterocycles. The summed E-state index contributed by atoms with van der Waals surface area (Å²) in [4.78, 5) is 4.16. The fraction of sp³-hybridized carbons (Fsp3) is 0.0833. The summed E-state index contributed by atoms with van der Waals surface area (Å²) in [5.41, 5.74) is 1.07. The van der Waals surface area contributed by atoms with Gasteiger partial charge in [0.15, 0.2) is 0 Å². The van der Waals surface area contributed by atoms with Crippen molar-refractivity contribution in [2.75, 3.05) is 5.32 Å². The van der Waals surface area contributed by atoms with Crippen LogP contribution in [0.2, 0.25) is 10.0 Å². The molecule has 0 amide bonds. The molecule has 2 rings (SSSR count). The van der Waals surface area contributed by atoms with Crippen LogP contribution in [0.1, 0.15) is 5.56 Å². The van der Waals surface area contributed by atoms with Crippen molar-refractivity contribution >= 4 is 29.0 Å². The smallest absolute Gasteiger partial charge is 0.126 e. The van der Waals surface area contributed by atoms with Crippen LogP contribution >= 0.6 is 23.2 Å². The lowest BCUT2D eigenvalue weighted by molar-refractivity contribution is 1.11. The second kappa shape index (κ2) is 5.19. The Labute approximate surface area is 104 Å². The minimum Gasteiger partial charge on any atom is -0.366 e. The number of benzene rings is 1. The predicted molar refractivity (Wildman–Crippen MR) is 68.0 cm³/mol. The van der Waals surface area contributed by atoms with Crippen molar-refractivity contribution < 1.29 is 0 Å². The Kier molecular flexibility index (Phi) is 3.65. The summed E-state index contributed by atoms with van der Waals surface area (Å²) in [7, 11) is 0. The molecule has 4 heteroatoms. The zero-order chi connectivity index (χ0) is 11.4. The summed E-state index contributed by atoms with van der Waals surface area (Å²) in [6, 6.07) is 11.3. The highest BCUT2D eigenvalue weighted by Crippen LogP contribution is 2.22. The summed E-state index contributed by atoms with van der Waals surface area (Å²) >= 11 is 11.8. The maximum Gasteiger partial charge on any atom is 0.126 e. The highest BCUT2D eigenvalue weighted by molar-refractivity contribution is 6.42. The van der Waals surface area contributed by atoms with Crippen molar-refractivity contribution in [1.29, 1.82) is 0 Å². The fourth-order valence-electron chi connectivity index (χ4n) is 1.31. The monoisotopic (exact) mass is 252 g/mol. The first-order chi connectivity index (χ1) is 7.75. The first-order valence-electron chi connectivity index (χ1n) is 4.84. The Morgan fingerprint density at radius 1 is 1.06 bits per heavy atom. The van der Waals surface area contributed by atoms with Crippen molar-refractivity contribution in [3.8, 4) is 0 Å². The maximum atomic E-state index is 5.92. The van der Waals surface area contributed by atoms with Crippen LogP contribution < -0.4 is 5.32 Å². The lowest BCUT2D eigenvalue weighted by Crippen LogP contribution is -2.00. The van der Waals surface area contributed by atoms with Crippen molar-refractivity contribution in [3.05, 3.63) is 58.2 Å². The van der Waals surface area contributed by atoms with Gasteiger partial charge in [-0.2, -0.15) is 0 Å². The molecule has 0 radical (unpaired) electrons. The van der Waals surface area contributed by atoms with E-state index in [0.717, 1.165) is 11.4 Å². The van der Waals surface area contributed by atoms with Gasteiger partial charge in [0.2, 0.25) is 0 Å². The summed E-state index contributed by atoms with van der Waals surface area (Å²) in [5, 5.41) is 4.34. The van der Waals surface area contributed by atoms with Gasteiger partial charge in [0, 0.05) is 12.7 Å². The normalized spacial score (nSPS) is 10.1. The molecule has 2 aromatic rings. The van der Waals surface area contributed by atoms with Gasteiger partial charge in [0.25, 0.3) is 0 Å². The molecule has 16 heavy (non-hydrogen) atoms. The van der Waals surface area contributed by atoms with Gasteiger partial charge in [-0.3, -0.25) is 0 Å². The Hall–Kier alpha value is -1.25. The minimum absolute atomic E-state index is 0.571. The second-order valence-electron chi connectivity index (χ2n) is 3.32. The molecule has 0 saturated heterocycles. The third-order valence-corrected chi connectivity index (χ3v) is 2.86. The zero-order valence-corrected chi connectivity index (χ0v) is 9.96. The molecule has 2 nitrogen and oxygen atoms in total. The Morgan fingerprint density at radius 2 is 1.94 bits per heavy atom. The molecular weight excluding hydrogens is 243 g/mol. The number of aromatic nitrogens is 1. The average molecular weight is 253 g/mol. The molecule has 0 aliphatic heterocycles. The van der Waals surface area contributed by atoms with Crippen LogP contribution in [0.3, 0.4) is 0 Å². The largest absolute Gasteiger partial charge is 0.366 e. The number of anilines is 1. The molecule has 0 atom stereocenters. The molecule has 0 bridgehead atoms. The Bertz CT molecular complexity index is 472. The third-order valence-electron chi connectivity index (χ3n) is 2.12. The van der Waals surface area contributed by atoms with Gasteiger partial charge in [0.1, 0.15) is 5.82 Å². The summed E-state index contributed by atoms with van der Waals surface area (Å²) in [5.74, 6) is 0.841. The van der Waals surface area contributed by atoms with Gasteiger partial charge >= 0.3 is 0 Å². The van der Waals surface area contributed by atoms with Crippen LogP contribution in [-0.4, -0.2) is 4.98 Å². The molecule has 0 spiro atoms. The van der Waals surface area contributed by atoms with Crippen LogP contribution in [0, 0.1) is 0 Å². The van der Waals surface area contributed by atoms with E-state index in [1.807, 2.05) is 30.3 Å². The highest BCUT2D eigenvalue weighted by atomic mass is 35.5. The third kappa shape index (κ3) is 2.87. The van der Waals surface area contributed by atoms with Gasteiger partial charge in [-0.1, -0.05) is 35.3 Å². The van der Waals surface area contributed by atoms with E-state index >= 15 is 0 Å². The fourth-order valence-corrected chi connectivity index (χ4v) is 1.63. The number of nitrogens with zero attached hydrogens (tertiary/aromatic N) is 1.